The Bertz CT molecular complexity index is 429. The molecule has 1 N–H and O–H groups in total. The first-order valence-electron chi connectivity index (χ1n) is 4.44. The summed E-state index contributed by atoms with van der Waals surface area (Å²) in [6.45, 7) is 0.905. The predicted molar refractivity (Wildman–Crippen MR) is 59.4 cm³/mol. The van der Waals surface area contributed by atoms with Gasteiger partial charge in [-0.2, -0.15) is 5.26 Å². The molecule has 0 fully saturated rings. The van der Waals surface area contributed by atoms with E-state index in [1.807, 2.05) is 12.1 Å². The van der Waals surface area contributed by atoms with E-state index in [9.17, 15) is 0 Å². The van der Waals surface area contributed by atoms with Crippen molar-refractivity contribution in [2.24, 2.45) is 0 Å². The number of hydrogen-bond acceptors (Lipinski definition) is 2. The molecule has 2 rings (SSSR count). The zero-order chi connectivity index (χ0) is 9.97. The van der Waals surface area contributed by atoms with Gasteiger partial charge in [-0.3, -0.25) is 0 Å². The normalized spacial score (nSPS) is 17.0. The van der Waals surface area contributed by atoms with E-state index in [2.05, 4.69) is 33.4 Å². The second-order valence-corrected chi connectivity index (χ2v) is 4.08. The Kier molecular flexibility index (Phi) is 2.55. The number of rotatable bonds is 0. The van der Waals surface area contributed by atoms with Crippen molar-refractivity contribution in [3.8, 4) is 6.07 Å². The van der Waals surface area contributed by atoms with Crippen molar-refractivity contribution in [2.45, 2.75) is 6.42 Å². The Labute approximate surface area is 91.4 Å². The number of hydrogen-bond donors (Lipinski definition) is 1. The van der Waals surface area contributed by atoms with Crippen molar-refractivity contribution in [3.63, 3.8) is 0 Å². The number of fused-ring (bicyclic) bond motifs is 1. The molecule has 1 aliphatic heterocycles. The van der Waals surface area contributed by atoms with Crippen LogP contribution in [-0.4, -0.2) is 6.54 Å². The van der Waals surface area contributed by atoms with Gasteiger partial charge in [-0.25, -0.2) is 0 Å². The number of halogens is 1. The standard InChI is InChI=1S/C11H9BrN2/c12-9-2-1-8-4-6-14-11(3-5-13)10(8)7-9/h1-3,7,14H,4,6H2/b11-3+. The molecule has 1 heterocycles. The van der Waals surface area contributed by atoms with Gasteiger partial charge < -0.3 is 5.32 Å². The van der Waals surface area contributed by atoms with Crippen LogP contribution >= 0.6 is 15.9 Å². The number of nitrogens with one attached hydrogen (secondary N) is 1. The molecular formula is C11H9BrN2. The topological polar surface area (TPSA) is 35.8 Å². The lowest BCUT2D eigenvalue weighted by Gasteiger charge is -2.20. The van der Waals surface area contributed by atoms with Crippen LogP contribution in [0.5, 0.6) is 0 Å². The summed E-state index contributed by atoms with van der Waals surface area (Å²) in [5.41, 5.74) is 3.36. The van der Waals surface area contributed by atoms with Gasteiger partial charge in [0.1, 0.15) is 0 Å². The van der Waals surface area contributed by atoms with Crippen LogP contribution in [0.2, 0.25) is 0 Å². The van der Waals surface area contributed by atoms with E-state index in [-0.39, 0.29) is 0 Å². The van der Waals surface area contributed by atoms with Crippen molar-refractivity contribution >= 4 is 21.6 Å². The van der Waals surface area contributed by atoms with Gasteiger partial charge in [0.25, 0.3) is 0 Å². The lowest BCUT2D eigenvalue weighted by atomic mass is 9.98. The molecule has 0 saturated carbocycles. The molecular weight excluding hydrogens is 240 g/mol. The first kappa shape index (κ1) is 9.29. The molecule has 0 unspecified atom stereocenters. The van der Waals surface area contributed by atoms with E-state index >= 15 is 0 Å². The number of benzene rings is 1. The third-order valence-corrected chi connectivity index (χ3v) is 2.77. The monoisotopic (exact) mass is 248 g/mol. The molecule has 0 saturated heterocycles. The average molecular weight is 249 g/mol. The molecule has 0 aliphatic carbocycles. The van der Waals surface area contributed by atoms with E-state index in [1.54, 1.807) is 6.08 Å². The molecule has 14 heavy (non-hydrogen) atoms. The molecule has 0 aromatic heterocycles. The Hall–Kier alpha value is -1.27. The van der Waals surface area contributed by atoms with Gasteiger partial charge in [-0.15, -0.1) is 0 Å². The number of allylic oxidation sites excluding steroid dienone is 1. The van der Waals surface area contributed by atoms with Crippen LogP contribution in [0, 0.1) is 11.3 Å². The molecule has 1 aromatic rings. The minimum Gasteiger partial charge on any atom is -0.384 e. The summed E-state index contributed by atoms with van der Waals surface area (Å²) in [4.78, 5) is 0. The smallest absolute Gasteiger partial charge is 0.0933 e. The van der Waals surface area contributed by atoms with Gasteiger partial charge in [0.2, 0.25) is 0 Å². The Morgan fingerprint density at radius 1 is 1.50 bits per heavy atom. The minimum atomic E-state index is 0.905. The first-order valence-corrected chi connectivity index (χ1v) is 5.23. The second-order valence-electron chi connectivity index (χ2n) is 3.17. The molecule has 0 atom stereocenters. The molecule has 3 heteroatoms. The van der Waals surface area contributed by atoms with Crippen molar-refractivity contribution in [1.29, 1.82) is 5.26 Å². The summed E-state index contributed by atoms with van der Waals surface area (Å²) in [5.74, 6) is 0. The largest absolute Gasteiger partial charge is 0.384 e. The highest BCUT2D eigenvalue weighted by atomic mass is 79.9. The summed E-state index contributed by atoms with van der Waals surface area (Å²) in [5, 5.41) is 11.9. The molecule has 1 aliphatic rings. The third-order valence-electron chi connectivity index (χ3n) is 2.28. The van der Waals surface area contributed by atoms with E-state index in [0.717, 1.165) is 28.7 Å². The van der Waals surface area contributed by atoms with Crippen LogP contribution in [0.1, 0.15) is 11.1 Å². The van der Waals surface area contributed by atoms with E-state index in [4.69, 9.17) is 5.26 Å². The maximum absolute atomic E-state index is 8.64. The molecule has 0 spiro atoms. The van der Waals surface area contributed by atoms with Crippen molar-refractivity contribution in [1.82, 2.24) is 5.32 Å². The molecule has 0 bridgehead atoms. The molecule has 1 aromatic carbocycles. The Morgan fingerprint density at radius 2 is 2.36 bits per heavy atom. The molecule has 0 amide bonds. The highest BCUT2D eigenvalue weighted by Gasteiger charge is 2.12. The van der Waals surface area contributed by atoms with Gasteiger partial charge >= 0.3 is 0 Å². The van der Waals surface area contributed by atoms with Crippen molar-refractivity contribution in [3.05, 3.63) is 39.9 Å². The highest BCUT2D eigenvalue weighted by Crippen LogP contribution is 2.25. The minimum absolute atomic E-state index is 0.905. The summed E-state index contributed by atoms with van der Waals surface area (Å²) in [7, 11) is 0. The van der Waals surface area contributed by atoms with Gasteiger partial charge in [-0.05, 0) is 24.1 Å². The molecule has 0 radical (unpaired) electrons. The van der Waals surface area contributed by atoms with Crippen molar-refractivity contribution in [2.75, 3.05) is 6.54 Å². The SMILES string of the molecule is N#C/C=C1/NCCc2ccc(Br)cc21. The van der Waals surface area contributed by atoms with Crippen LogP contribution in [0.4, 0.5) is 0 Å². The fourth-order valence-corrected chi connectivity index (χ4v) is 2.00. The van der Waals surface area contributed by atoms with Crippen LogP contribution in [0.15, 0.2) is 28.7 Å². The fraction of sp³-hybridized carbons (Fsp3) is 0.182. The molecule has 70 valence electrons. The summed E-state index contributed by atoms with van der Waals surface area (Å²) in [6, 6.07) is 8.24. The average Bonchev–Trinajstić information content (AvgIpc) is 2.19. The lowest BCUT2D eigenvalue weighted by Crippen LogP contribution is -2.22. The number of nitrogens with zero attached hydrogens (tertiary/aromatic N) is 1. The lowest BCUT2D eigenvalue weighted by molar-refractivity contribution is 0.814. The molecule has 2 nitrogen and oxygen atoms in total. The van der Waals surface area contributed by atoms with Gasteiger partial charge in [0.05, 0.1) is 11.8 Å². The zero-order valence-electron chi connectivity index (χ0n) is 7.55. The highest BCUT2D eigenvalue weighted by molar-refractivity contribution is 9.10. The van der Waals surface area contributed by atoms with Crippen LogP contribution < -0.4 is 5.32 Å². The van der Waals surface area contributed by atoms with Gasteiger partial charge in [0, 0.05) is 22.7 Å². The van der Waals surface area contributed by atoms with E-state index in [0.29, 0.717) is 0 Å². The van der Waals surface area contributed by atoms with E-state index in [1.165, 1.54) is 5.56 Å². The fourth-order valence-electron chi connectivity index (χ4n) is 1.64. The number of nitriles is 1. The Morgan fingerprint density at radius 3 is 3.14 bits per heavy atom. The third kappa shape index (κ3) is 1.66. The summed E-state index contributed by atoms with van der Waals surface area (Å²) >= 11 is 3.43. The van der Waals surface area contributed by atoms with Crippen molar-refractivity contribution < 1.29 is 0 Å². The quantitative estimate of drug-likeness (QED) is 0.717. The van der Waals surface area contributed by atoms with Crippen LogP contribution in [0.25, 0.3) is 5.70 Å². The summed E-state index contributed by atoms with van der Waals surface area (Å²) in [6.07, 6.45) is 2.58. The predicted octanol–water partition coefficient (Wildman–Crippen LogP) is 2.46. The Balaban J connectivity index is 2.53. The summed E-state index contributed by atoms with van der Waals surface area (Å²) < 4.78 is 1.05. The van der Waals surface area contributed by atoms with E-state index < -0.39 is 0 Å². The second kappa shape index (κ2) is 3.85. The first-order chi connectivity index (χ1) is 6.81. The van der Waals surface area contributed by atoms with Crippen LogP contribution in [-0.2, 0) is 6.42 Å². The van der Waals surface area contributed by atoms with Gasteiger partial charge in [0.15, 0.2) is 0 Å². The zero-order valence-corrected chi connectivity index (χ0v) is 9.13. The van der Waals surface area contributed by atoms with Gasteiger partial charge in [-0.1, -0.05) is 22.0 Å². The van der Waals surface area contributed by atoms with Crippen LogP contribution in [0.3, 0.4) is 0 Å². The maximum Gasteiger partial charge on any atom is 0.0933 e. The maximum atomic E-state index is 8.64.